The van der Waals surface area contributed by atoms with Crippen LogP contribution in [0.4, 0.5) is 10.6 Å². The van der Waals surface area contributed by atoms with Crippen molar-refractivity contribution in [3.8, 4) is 16.9 Å². The zero-order valence-electron chi connectivity index (χ0n) is 23.3. The van der Waals surface area contributed by atoms with Gasteiger partial charge < -0.3 is 9.47 Å². The smallest absolute Gasteiger partial charge is 0.415 e. The van der Waals surface area contributed by atoms with E-state index < -0.39 is 11.7 Å². The summed E-state index contributed by atoms with van der Waals surface area (Å²) in [4.78, 5) is 28.7. The summed E-state index contributed by atoms with van der Waals surface area (Å²) in [6, 6.07) is 22.8. The van der Waals surface area contributed by atoms with Gasteiger partial charge in [0, 0.05) is 35.0 Å². The summed E-state index contributed by atoms with van der Waals surface area (Å²) in [6.45, 7) is 10.3. The summed E-state index contributed by atoms with van der Waals surface area (Å²) in [6.07, 6.45) is -0.551. The van der Waals surface area contributed by atoms with Crippen LogP contribution in [0.3, 0.4) is 0 Å². The molecule has 3 aromatic carbocycles. The molecule has 0 aliphatic rings. The molecule has 39 heavy (non-hydrogen) atoms. The van der Waals surface area contributed by atoms with Crippen molar-refractivity contribution in [1.29, 1.82) is 0 Å². The molecule has 0 N–H and O–H groups in total. The number of carbonyl (C=O) groups is 1. The minimum Gasteiger partial charge on any atom is -0.489 e. The molecule has 0 spiro atoms. The topological polar surface area (TPSA) is 60.8 Å². The van der Waals surface area contributed by atoms with Gasteiger partial charge in [-0.3, -0.25) is 14.3 Å². The van der Waals surface area contributed by atoms with Crippen LogP contribution in [0.2, 0.25) is 5.02 Å². The molecule has 7 heteroatoms. The normalized spacial score (nSPS) is 11.6. The van der Waals surface area contributed by atoms with Crippen molar-refractivity contribution >= 4 is 34.3 Å². The number of benzene rings is 3. The Morgan fingerprint density at radius 3 is 2.26 bits per heavy atom. The third-order valence-electron chi connectivity index (χ3n) is 6.13. The molecule has 6 nitrogen and oxygen atoms in total. The Hall–Kier alpha value is -3.77. The number of hydrogen-bond donors (Lipinski definition) is 0. The van der Waals surface area contributed by atoms with Crippen molar-refractivity contribution in [1.82, 2.24) is 4.57 Å². The number of fused-ring (bicyclic) bond motifs is 1. The first-order valence-electron chi connectivity index (χ1n) is 13.0. The highest BCUT2D eigenvalue weighted by Crippen LogP contribution is 2.38. The van der Waals surface area contributed by atoms with Crippen LogP contribution in [-0.4, -0.2) is 23.3 Å². The van der Waals surface area contributed by atoms with E-state index in [2.05, 4.69) is 0 Å². The van der Waals surface area contributed by atoms with Gasteiger partial charge in [-0.2, -0.15) is 0 Å². The highest BCUT2D eigenvalue weighted by atomic mass is 35.5. The summed E-state index contributed by atoms with van der Waals surface area (Å²) in [5, 5.41) is 1.81. The maximum Gasteiger partial charge on any atom is 0.415 e. The van der Waals surface area contributed by atoms with Crippen LogP contribution in [-0.2, 0) is 17.9 Å². The van der Waals surface area contributed by atoms with Gasteiger partial charge in [0.1, 0.15) is 23.8 Å². The Labute approximate surface area is 234 Å². The second-order valence-corrected chi connectivity index (χ2v) is 11.5. The van der Waals surface area contributed by atoms with Gasteiger partial charge in [0.2, 0.25) is 0 Å². The summed E-state index contributed by atoms with van der Waals surface area (Å²) in [5.41, 5.74) is 1.68. The van der Waals surface area contributed by atoms with Gasteiger partial charge in [-0.15, -0.1) is 0 Å². The number of nitrogens with zero attached hydrogens (tertiary/aromatic N) is 2. The van der Waals surface area contributed by atoms with E-state index in [9.17, 15) is 9.59 Å². The molecule has 0 bridgehead atoms. The van der Waals surface area contributed by atoms with Crippen molar-refractivity contribution in [3.05, 3.63) is 93.7 Å². The van der Waals surface area contributed by atoms with E-state index in [-0.39, 0.29) is 11.5 Å². The molecule has 4 rings (SSSR count). The van der Waals surface area contributed by atoms with Gasteiger partial charge >= 0.3 is 6.09 Å². The molecule has 0 aliphatic carbocycles. The summed E-state index contributed by atoms with van der Waals surface area (Å²) < 4.78 is 13.5. The fourth-order valence-corrected chi connectivity index (χ4v) is 4.57. The maximum atomic E-state index is 13.9. The number of halogens is 1. The Balaban J connectivity index is 1.98. The Bertz CT molecular complexity index is 1520. The number of aromatic nitrogens is 1. The quantitative estimate of drug-likeness (QED) is 0.236. The van der Waals surface area contributed by atoms with Crippen molar-refractivity contribution in [2.45, 2.75) is 53.4 Å². The van der Waals surface area contributed by atoms with Crippen molar-refractivity contribution in [3.63, 3.8) is 0 Å². The van der Waals surface area contributed by atoms with Gasteiger partial charge in [-0.25, -0.2) is 4.79 Å². The van der Waals surface area contributed by atoms with Crippen LogP contribution < -0.4 is 15.2 Å². The molecule has 1 heterocycles. The first kappa shape index (κ1) is 28.2. The number of rotatable bonds is 7. The molecule has 1 aromatic heterocycles. The predicted octanol–water partition coefficient (Wildman–Crippen LogP) is 7.93. The monoisotopic (exact) mass is 546 g/mol. The zero-order chi connectivity index (χ0) is 28.3. The van der Waals surface area contributed by atoms with Crippen LogP contribution in [0, 0.1) is 5.92 Å². The van der Waals surface area contributed by atoms with Crippen LogP contribution >= 0.6 is 11.6 Å². The van der Waals surface area contributed by atoms with E-state index in [1.807, 2.05) is 89.2 Å². The van der Waals surface area contributed by atoms with Gasteiger partial charge in [0.05, 0.1) is 0 Å². The fraction of sp³-hybridized carbons (Fsp3) is 0.312. The molecule has 0 unspecified atom stereocenters. The molecule has 0 aliphatic heterocycles. The standard InChI is InChI=1S/C32H35ClN2O4/c1-21(2)19-35-29(34(6)31(37)39-32(3,4)5)28(23-12-14-24(33)15-13-23)27-18-25(16-17-26(27)30(35)36)38-20-22-10-8-7-9-11-22/h7-18,21H,19-20H2,1-6H3. The molecule has 204 valence electrons. The van der Waals surface area contributed by atoms with Gasteiger partial charge in [0.25, 0.3) is 5.56 Å². The lowest BCUT2D eigenvalue weighted by Gasteiger charge is -2.29. The minimum atomic E-state index is -0.704. The number of amides is 1. The van der Waals surface area contributed by atoms with Crippen LogP contribution in [0.5, 0.6) is 5.75 Å². The summed E-state index contributed by atoms with van der Waals surface area (Å²) in [5.74, 6) is 1.23. The van der Waals surface area contributed by atoms with Gasteiger partial charge in [-0.1, -0.05) is 67.9 Å². The molecular weight excluding hydrogens is 512 g/mol. The lowest BCUT2D eigenvalue weighted by molar-refractivity contribution is 0.0587. The molecule has 0 atom stereocenters. The first-order chi connectivity index (χ1) is 18.4. The second kappa shape index (κ2) is 11.5. The molecule has 0 saturated carbocycles. The summed E-state index contributed by atoms with van der Waals surface area (Å²) in [7, 11) is 1.64. The third-order valence-corrected chi connectivity index (χ3v) is 6.38. The lowest BCUT2D eigenvalue weighted by Crippen LogP contribution is -2.38. The maximum absolute atomic E-state index is 13.9. The number of ether oxygens (including phenoxy) is 2. The largest absolute Gasteiger partial charge is 0.489 e. The van der Waals surface area contributed by atoms with Crippen molar-refractivity contribution < 1.29 is 14.3 Å². The van der Waals surface area contributed by atoms with Crippen molar-refractivity contribution in [2.75, 3.05) is 11.9 Å². The second-order valence-electron chi connectivity index (χ2n) is 11.0. The fourth-order valence-electron chi connectivity index (χ4n) is 4.45. The van der Waals surface area contributed by atoms with E-state index >= 15 is 0 Å². The SMILES string of the molecule is CC(C)Cn1c(N(C)C(=O)OC(C)(C)C)c(-c2ccc(Cl)cc2)c2cc(OCc3ccccc3)ccc2c1=O. The molecular formula is C32H35ClN2O4. The van der Waals surface area contributed by atoms with Crippen molar-refractivity contribution in [2.24, 2.45) is 5.92 Å². The minimum absolute atomic E-state index is 0.150. The molecule has 1 amide bonds. The Morgan fingerprint density at radius 2 is 1.64 bits per heavy atom. The highest BCUT2D eigenvalue weighted by Gasteiger charge is 2.28. The highest BCUT2D eigenvalue weighted by molar-refractivity contribution is 6.30. The molecule has 0 saturated heterocycles. The Morgan fingerprint density at radius 1 is 0.974 bits per heavy atom. The van der Waals surface area contributed by atoms with Crippen LogP contribution in [0.1, 0.15) is 40.2 Å². The van der Waals surface area contributed by atoms with Crippen LogP contribution in [0.15, 0.2) is 77.6 Å². The number of anilines is 1. The average Bonchev–Trinajstić information content (AvgIpc) is 2.88. The summed E-state index contributed by atoms with van der Waals surface area (Å²) >= 11 is 6.23. The van der Waals surface area contributed by atoms with Crippen LogP contribution in [0.25, 0.3) is 21.9 Å². The first-order valence-corrected chi connectivity index (χ1v) is 13.4. The van der Waals surface area contributed by atoms with E-state index in [0.717, 1.165) is 16.7 Å². The molecule has 0 fully saturated rings. The predicted molar refractivity (Wildman–Crippen MR) is 159 cm³/mol. The Kier molecular flexibility index (Phi) is 8.36. The third kappa shape index (κ3) is 6.63. The number of pyridine rings is 1. The zero-order valence-corrected chi connectivity index (χ0v) is 24.1. The number of carbonyl (C=O) groups excluding carboxylic acids is 1. The average molecular weight is 547 g/mol. The lowest BCUT2D eigenvalue weighted by atomic mass is 9.98. The molecule has 4 aromatic rings. The van der Waals surface area contributed by atoms with E-state index in [0.29, 0.717) is 40.5 Å². The number of hydrogen-bond acceptors (Lipinski definition) is 4. The van der Waals surface area contributed by atoms with E-state index in [4.69, 9.17) is 21.1 Å². The van der Waals surface area contributed by atoms with E-state index in [1.165, 1.54) is 4.90 Å². The van der Waals surface area contributed by atoms with Gasteiger partial charge in [0.15, 0.2) is 0 Å². The molecule has 0 radical (unpaired) electrons. The van der Waals surface area contributed by atoms with E-state index in [1.54, 1.807) is 29.8 Å². The van der Waals surface area contributed by atoms with Gasteiger partial charge in [-0.05, 0) is 68.1 Å².